The van der Waals surface area contributed by atoms with Gasteiger partial charge in [-0.1, -0.05) is 26.8 Å². The second-order valence-electron chi connectivity index (χ2n) is 4.73. The zero-order chi connectivity index (χ0) is 13.0. The topological polar surface area (TPSA) is 51.0 Å². The van der Waals surface area contributed by atoms with E-state index in [2.05, 4.69) is 42.4 Å². The Morgan fingerprint density at radius 1 is 1.33 bits per heavy atom. The van der Waals surface area contributed by atoms with E-state index >= 15 is 0 Å². The van der Waals surface area contributed by atoms with Gasteiger partial charge < -0.3 is 9.73 Å². The molecule has 1 atom stereocenters. The molecule has 2 rings (SSSR count). The van der Waals surface area contributed by atoms with Gasteiger partial charge in [0.1, 0.15) is 0 Å². The number of anilines is 1. The third kappa shape index (κ3) is 2.88. The van der Waals surface area contributed by atoms with Crippen LogP contribution in [0.15, 0.2) is 35.1 Å². The van der Waals surface area contributed by atoms with Crippen LogP contribution in [0, 0.1) is 5.92 Å². The lowest BCUT2D eigenvalue weighted by Crippen LogP contribution is -2.24. The number of aromatic nitrogens is 2. The van der Waals surface area contributed by atoms with Gasteiger partial charge in [0.25, 0.3) is 0 Å². The van der Waals surface area contributed by atoms with E-state index in [1.165, 1.54) is 6.39 Å². The minimum Gasteiger partial charge on any atom is -0.423 e. The molecular weight excluding hydrogens is 226 g/mol. The summed E-state index contributed by atoms with van der Waals surface area (Å²) in [6.07, 6.45) is 2.45. The third-order valence-electron chi connectivity index (χ3n) is 3.07. The van der Waals surface area contributed by atoms with Crippen molar-refractivity contribution in [3.8, 4) is 11.5 Å². The summed E-state index contributed by atoms with van der Waals surface area (Å²) in [6, 6.07) is 8.54. The van der Waals surface area contributed by atoms with E-state index in [4.69, 9.17) is 4.42 Å². The van der Waals surface area contributed by atoms with Crippen LogP contribution in [-0.4, -0.2) is 16.2 Å². The first-order valence-corrected chi connectivity index (χ1v) is 6.34. The Balaban J connectivity index is 2.17. The first kappa shape index (κ1) is 12.6. The predicted molar refractivity (Wildman–Crippen MR) is 72.3 cm³/mol. The average molecular weight is 245 g/mol. The molecule has 1 N–H and O–H groups in total. The van der Waals surface area contributed by atoms with Gasteiger partial charge in [0.05, 0.1) is 0 Å². The second-order valence-corrected chi connectivity index (χ2v) is 4.73. The Kier molecular flexibility index (Phi) is 3.97. The van der Waals surface area contributed by atoms with Crippen molar-refractivity contribution in [2.24, 2.45) is 5.92 Å². The molecule has 1 aromatic heterocycles. The molecule has 0 spiro atoms. The van der Waals surface area contributed by atoms with Gasteiger partial charge in [0.15, 0.2) is 0 Å². The van der Waals surface area contributed by atoms with Crippen LogP contribution in [0.1, 0.15) is 27.2 Å². The molecule has 0 aliphatic carbocycles. The molecule has 0 aliphatic heterocycles. The summed E-state index contributed by atoms with van der Waals surface area (Å²) < 4.78 is 5.20. The Morgan fingerprint density at radius 2 is 2.17 bits per heavy atom. The maximum absolute atomic E-state index is 5.20. The van der Waals surface area contributed by atoms with Gasteiger partial charge in [0.2, 0.25) is 12.3 Å². The molecule has 0 aliphatic rings. The smallest absolute Gasteiger partial charge is 0.247 e. The molecule has 18 heavy (non-hydrogen) atoms. The third-order valence-corrected chi connectivity index (χ3v) is 3.07. The van der Waals surface area contributed by atoms with Crippen LogP contribution in [0.3, 0.4) is 0 Å². The predicted octanol–water partition coefficient (Wildman–Crippen LogP) is 3.58. The van der Waals surface area contributed by atoms with Crippen LogP contribution < -0.4 is 5.32 Å². The minimum absolute atomic E-state index is 0.475. The molecular formula is C14H19N3O. The first-order valence-electron chi connectivity index (χ1n) is 6.34. The zero-order valence-corrected chi connectivity index (χ0v) is 11.1. The summed E-state index contributed by atoms with van der Waals surface area (Å²) in [6.45, 7) is 6.64. The monoisotopic (exact) mass is 245 g/mol. The second kappa shape index (κ2) is 5.67. The maximum atomic E-state index is 5.20. The summed E-state index contributed by atoms with van der Waals surface area (Å²) in [5, 5.41) is 11.2. The van der Waals surface area contributed by atoms with E-state index < -0.39 is 0 Å². The normalized spacial score (nSPS) is 12.7. The van der Waals surface area contributed by atoms with Gasteiger partial charge in [-0.3, -0.25) is 0 Å². The molecule has 0 bridgehead atoms. The van der Waals surface area contributed by atoms with Crippen LogP contribution >= 0.6 is 0 Å². The number of hydrogen-bond donors (Lipinski definition) is 1. The van der Waals surface area contributed by atoms with E-state index in [1.807, 2.05) is 18.2 Å². The fourth-order valence-electron chi connectivity index (χ4n) is 2.00. The Labute approximate surface area is 107 Å². The largest absolute Gasteiger partial charge is 0.423 e. The maximum Gasteiger partial charge on any atom is 0.247 e. The van der Waals surface area contributed by atoms with Crippen molar-refractivity contribution < 1.29 is 4.42 Å². The average Bonchev–Trinajstić information content (AvgIpc) is 2.90. The fourth-order valence-corrected chi connectivity index (χ4v) is 2.00. The molecule has 0 fully saturated rings. The highest BCUT2D eigenvalue weighted by Gasteiger charge is 2.11. The zero-order valence-electron chi connectivity index (χ0n) is 11.1. The molecule has 0 saturated heterocycles. The van der Waals surface area contributed by atoms with E-state index in [1.54, 1.807) is 0 Å². The quantitative estimate of drug-likeness (QED) is 0.874. The van der Waals surface area contributed by atoms with Crippen LogP contribution in [0.2, 0.25) is 0 Å². The van der Waals surface area contributed by atoms with Crippen molar-refractivity contribution in [3.05, 3.63) is 30.7 Å². The number of benzene rings is 1. The van der Waals surface area contributed by atoms with Gasteiger partial charge in [0, 0.05) is 17.3 Å². The molecule has 0 radical (unpaired) electrons. The van der Waals surface area contributed by atoms with Gasteiger partial charge in [-0.25, -0.2) is 0 Å². The molecule has 0 amide bonds. The molecule has 1 aromatic carbocycles. The van der Waals surface area contributed by atoms with Crippen molar-refractivity contribution in [1.82, 2.24) is 10.2 Å². The van der Waals surface area contributed by atoms with Gasteiger partial charge in [-0.15, -0.1) is 10.2 Å². The lowest BCUT2D eigenvalue weighted by Gasteiger charge is -2.22. The van der Waals surface area contributed by atoms with E-state index in [9.17, 15) is 0 Å². The van der Waals surface area contributed by atoms with Gasteiger partial charge in [-0.05, 0) is 30.5 Å². The van der Waals surface area contributed by atoms with E-state index in [-0.39, 0.29) is 0 Å². The van der Waals surface area contributed by atoms with Gasteiger partial charge in [-0.2, -0.15) is 0 Å². The highest BCUT2D eigenvalue weighted by atomic mass is 16.4. The van der Waals surface area contributed by atoms with Crippen molar-refractivity contribution in [1.29, 1.82) is 0 Å². The SMILES string of the molecule is CCC(Nc1cccc(-c2nnco2)c1)C(C)C. The molecule has 4 heteroatoms. The van der Waals surface area contributed by atoms with Crippen LogP contribution in [0.5, 0.6) is 0 Å². The number of hydrogen-bond acceptors (Lipinski definition) is 4. The molecule has 4 nitrogen and oxygen atoms in total. The number of nitrogens with one attached hydrogen (secondary N) is 1. The molecule has 1 unspecified atom stereocenters. The standard InChI is InChI=1S/C14H19N3O/c1-4-13(10(2)3)16-12-7-5-6-11(8-12)14-17-15-9-18-14/h5-10,13,16H,4H2,1-3H3. The van der Waals surface area contributed by atoms with Crippen LogP contribution in [0.25, 0.3) is 11.5 Å². The fraction of sp³-hybridized carbons (Fsp3) is 0.429. The summed E-state index contributed by atoms with van der Waals surface area (Å²) in [4.78, 5) is 0. The first-order chi connectivity index (χ1) is 8.70. The summed E-state index contributed by atoms with van der Waals surface area (Å²) in [5.41, 5.74) is 2.03. The van der Waals surface area contributed by atoms with Crippen molar-refractivity contribution in [2.45, 2.75) is 33.2 Å². The molecule has 0 saturated carbocycles. The molecule has 2 aromatic rings. The lowest BCUT2D eigenvalue weighted by atomic mass is 10.0. The Hall–Kier alpha value is -1.84. The molecule has 1 heterocycles. The summed E-state index contributed by atoms with van der Waals surface area (Å²) in [5.74, 6) is 1.15. The van der Waals surface area contributed by atoms with Crippen LogP contribution in [0.4, 0.5) is 5.69 Å². The molecule has 96 valence electrons. The lowest BCUT2D eigenvalue weighted by molar-refractivity contribution is 0.511. The van der Waals surface area contributed by atoms with Crippen LogP contribution in [-0.2, 0) is 0 Å². The number of rotatable bonds is 5. The van der Waals surface area contributed by atoms with E-state index in [0.29, 0.717) is 17.9 Å². The summed E-state index contributed by atoms with van der Waals surface area (Å²) in [7, 11) is 0. The van der Waals surface area contributed by atoms with Crippen molar-refractivity contribution in [3.63, 3.8) is 0 Å². The van der Waals surface area contributed by atoms with Crippen molar-refractivity contribution in [2.75, 3.05) is 5.32 Å². The highest BCUT2D eigenvalue weighted by molar-refractivity contribution is 5.61. The van der Waals surface area contributed by atoms with Crippen molar-refractivity contribution >= 4 is 5.69 Å². The highest BCUT2D eigenvalue weighted by Crippen LogP contribution is 2.22. The Morgan fingerprint density at radius 3 is 2.78 bits per heavy atom. The minimum atomic E-state index is 0.475. The Bertz CT molecular complexity index is 480. The number of nitrogens with zero attached hydrogens (tertiary/aromatic N) is 2. The summed E-state index contributed by atoms with van der Waals surface area (Å²) >= 11 is 0. The van der Waals surface area contributed by atoms with Gasteiger partial charge >= 0.3 is 0 Å². The van der Waals surface area contributed by atoms with E-state index in [0.717, 1.165) is 17.7 Å².